The van der Waals surface area contributed by atoms with Crippen molar-refractivity contribution < 1.29 is 27.1 Å². The maximum atomic E-state index is 12.8. The summed E-state index contributed by atoms with van der Waals surface area (Å²) in [4.78, 5) is 24.2. The first-order valence-corrected chi connectivity index (χ1v) is 12.1. The van der Waals surface area contributed by atoms with Crippen LogP contribution in [0.15, 0.2) is 64.9 Å². The van der Waals surface area contributed by atoms with Crippen LogP contribution in [-0.4, -0.2) is 41.6 Å². The third kappa shape index (κ3) is 5.41. The molecule has 0 unspecified atom stereocenters. The molecule has 0 radical (unpaired) electrons. The van der Waals surface area contributed by atoms with Gasteiger partial charge in [0.15, 0.2) is 16.4 Å². The fourth-order valence-electron chi connectivity index (χ4n) is 2.87. The van der Waals surface area contributed by atoms with Crippen molar-refractivity contribution in [1.82, 2.24) is 4.90 Å². The normalized spacial score (nSPS) is 15.1. The molecule has 1 aliphatic heterocycles. The number of para-hydroxylation sites is 1. The highest BCUT2D eigenvalue weighted by molar-refractivity contribution is 8.26. The Hall–Kier alpha value is -3.22. The molecule has 1 heterocycles. The lowest BCUT2D eigenvalue weighted by atomic mass is 10.2. The number of benzene rings is 2. The fraction of sp³-hybridized carbons (Fsp3) is 0.143. The van der Waals surface area contributed by atoms with Gasteiger partial charge in [0.2, 0.25) is 0 Å². The van der Waals surface area contributed by atoms with Gasteiger partial charge in [0.05, 0.1) is 16.4 Å². The predicted molar refractivity (Wildman–Crippen MR) is 129 cm³/mol. The number of hydrogen-bond acceptors (Lipinski definition) is 9. The minimum absolute atomic E-state index is 0.0926. The third-order valence-corrected chi connectivity index (χ3v) is 6.94. The number of thiocarbonyl (C=S) groups is 1. The van der Waals surface area contributed by atoms with Gasteiger partial charge in [0.25, 0.3) is 11.6 Å². The number of nitrogens with zero attached hydrogens (tertiary/aromatic N) is 2. The zero-order chi connectivity index (χ0) is 24.2. The maximum Gasteiger partial charge on any atom is 0.346 e. The molecule has 1 amide bonds. The summed E-state index contributed by atoms with van der Waals surface area (Å²) in [6, 6.07) is 9.28. The van der Waals surface area contributed by atoms with Crippen LogP contribution < -0.4 is 8.92 Å². The number of rotatable bonds is 9. The Morgan fingerprint density at radius 1 is 1.24 bits per heavy atom. The number of carbonyl (C=O) groups is 1. The molecule has 1 saturated heterocycles. The predicted octanol–water partition coefficient (Wildman–Crippen LogP) is 4.15. The summed E-state index contributed by atoms with van der Waals surface area (Å²) in [5.74, 6) is -0.316. The molecule has 0 saturated carbocycles. The molecule has 0 N–H and O–H groups in total. The standard InChI is InChI=1S/C21H18N2O7S3/c1-3-11-22-20(24)18(32-21(22)31)13-14-9-10-16(17(12-14)29-4-2)30-33(27,28)19-8-6-5-7-15(19)23(25)26/h3,5-10,12-13H,1,4,11H2,2H3/b18-13-. The minimum Gasteiger partial charge on any atom is -0.490 e. The van der Waals surface area contributed by atoms with Crippen LogP contribution in [0.2, 0.25) is 0 Å². The van der Waals surface area contributed by atoms with Crippen molar-refractivity contribution in [3.8, 4) is 11.5 Å². The third-order valence-electron chi connectivity index (χ3n) is 4.28. The molecule has 9 nitrogen and oxygen atoms in total. The first-order chi connectivity index (χ1) is 15.7. The van der Waals surface area contributed by atoms with E-state index in [2.05, 4.69) is 6.58 Å². The van der Waals surface area contributed by atoms with Crippen molar-refractivity contribution in [2.24, 2.45) is 0 Å². The molecule has 0 spiro atoms. The van der Waals surface area contributed by atoms with Gasteiger partial charge in [-0.05, 0) is 36.8 Å². The molecule has 0 bridgehead atoms. The Balaban J connectivity index is 1.94. The summed E-state index contributed by atoms with van der Waals surface area (Å²) in [7, 11) is -4.52. The molecule has 0 atom stereocenters. The SMILES string of the molecule is C=CCN1C(=O)/C(=C/c2ccc(OS(=O)(=O)c3ccccc3[N+](=O)[O-])c(OCC)c2)SC1=S. The van der Waals surface area contributed by atoms with Gasteiger partial charge in [0, 0.05) is 12.6 Å². The lowest BCUT2D eigenvalue weighted by Crippen LogP contribution is -2.27. The van der Waals surface area contributed by atoms with Crippen LogP contribution >= 0.6 is 24.0 Å². The van der Waals surface area contributed by atoms with Gasteiger partial charge in [-0.3, -0.25) is 19.8 Å². The fourth-order valence-corrected chi connectivity index (χ4v) is 5.25. The van der Waals surface area contributed by atoms with Gasteiger partial charge in [-0.15, -0.1) is 6.58 Å². The molecule has 172 valence electrons. The van der Waals surface area contributed by atoms with E-state index >= 15 is 0 Å². The average Bonchev–Trinajstić information content (AvgIpc) is 3.03. The molecule has 1 aliphatic rings. The molecule has 2 aromatic carbocycles. The summed E-state index contributed by atoms with van der Waals surface area (Å²) in [6.45, 7) is 5.81. The topological polar surface area (TPSA) is 116 Å². The monoisotopic (exact) mass is 506 g/mol. The lowest BCUT2D eigenvalue weighted by Gasteiger charge is -2.13. The van der Waals surface area contributed by atoms with Crippen molar-refractivity contribution in [1.29, 1.82) is 0 Å². The second-order valence-electron chi connectivity index (χ2n) is 6.48. The Bertz CT molecular complexity index is 1270. The molecule has 0 aliphatic carbocycles. The Morgan fingerprint density at radius 2 is 1.97 bits per heavy atom. The summed E-state index contributed by atoms with van der Waals surface area (Å²) in [5, 5.41) is 11.2. The number of nitro groups is 1. The number of hydrogen-bond donors (Lipinski definition) is 0. The van der Waals surface area contributed by atoms with E-state index in [4.69, 9.17) is 21.1 Å². The highest BCUT2D eigenvalue weighted by atomic mass is 32.2. The van der Waals surface area contributed by atoms with Gasteiger partial charge in [-0.25, -0.2) is 0 Å². The highest BCUT2D eigenvalue weighted by Gasteiger charge is 2.31. The van der Waals surface area contributed by atoms with Gasteiger partial charge in [-0.2, -0.15) is 8.42 Å². The van der Waals surface area contributed by atoms with Gasteiger partial charge in [-0.1, -0.05) is 48.3 Å². The molecule has 2 aromatic rings. The van der Waals surface area contributed by atoms with E-state index in [1.54, 1.807) is 19.1 Å². The van der Waals surface area contributed by atoms with Crippen LogP contribution in [0, 0.1) is 10.1 Å². The summed E-state index contributed by atoms with van der Waals surface area (Å²) >= 11 is 6.36. The number of thioether (sulfide) groups is 1. The summed E-state index contributed by atoms with van der Waals surface area (Å²) < 4.78 is 36.6. The van der Waals surface area contributed by atoms with Gasteiger partial charge in [0.1, 0.15) is 4.32 Å². The molecule has 3 rings (SSSR count). The van der Waals surface area contributed by atoms with Crippen LogP contribution in [-0.2, 0) is 14.9 Å². The van der Waals surface area contributed by atoms with Gasteiger partial charge < -0.3 is 8.92 Å². The smallest absolute Gasteiger partial charge is 0.346 e. The van der Waals surface area contributed by atoms with Crippen LogP contribution in [0.25, 0.3) is 6.08 Å². The molecular weight excluding hydrogens is 488 g/mol. The van der Waals surface area contributed by atoms with E-state index in [-0.39, 0.29) is 24.0 Å². The first-order valence-electron chi connectivity index (χ1n) is 9.49. The van der Waals surface area contributed by atoms with Crippen LogP contribution in [0.5, 0.6) is 11.5 Å². The zero-order valence-corrected chi connectivity index (χ0v) is 19.7. The zero-order valence-electron chi connectivity index (χ0n) is 17.3. The Labute approximate surface area is 200 Å². The van der Waals surface area contributed by atoms with Crippen molar-refractivity contribution >= 4 is 56.1 Å². The van der Waals surface area contributed by atoms with E-state index in [9.17, 15) is 23.3 Å². The Kier molecular flexibility index (Phi) is 7.51. The summed E-state index contributed by atoms with van der Waals surface area (Å²) in [6.07, 6.45) is 3.18. The second kappa shape index (κ2) is 10.1. The number of carbonyl (C=O) groups excluding carboxylic acids is 1. The molecule has 1 fully saturated rings. The average molecular weight is 507 g/mol. The van der Waals surface area contributed by atoms with E-state index in [0.29, 0.717) is 21.3 Å². The number of amides is 1. The maximum absolute atomic E-state index is 12.8. The van der Waals surface area contributed by atoms with E-state index in [1.807, 2.05) is 0 Å². The van der Waals surface area contributed by atoms with Crippen LogP contribution in [0.1, 0.15) is 12.5 Å². The molecule has 12 heteroatoms. The van der Waals surface area contributed by atoms with Gasteiger partial charge >= 0.3 is 10.1 Å². The summed E-state index contributed by atoms with van der Waals surface area (Å²) in [5.41, 5.74) is -0.0541. The quantitative estimate of drug-likeness (QED) is 0.123. The molecule has 0 aromatic heterocycles. The highest BCUT2D eigenvalue weighted by Crippen LogP contribution is 2.36. The number of nitro benzene ring substituents is 1. The van der Waals surface area contributed by atoms with Crippen molar-refractivity contribution in [2.45, 2.75) is 11.8 Å². The minimum atomic E-state index is -4.52. The van der Waals surface area contributed by atoms with Crippen LogP contribution in [0.4, 0.5) is 5.69 Å². The van der Waals surface area contributed by atoms with Crippen LogP contribution in [0.3, 0.4) is 0 Å². The Morgan fingerprint density at radius 3 is 2.64 bits per heavy atom. The van der Waals surface area contributed by atoms with Crippen molar-refractivity contribution in [3.63, 3.8) is 0 Å². The molecular formula is C21H18N2O7S3. The largest absolute Gasteiger partial charge is 0.490 e. The van der Waals surface area contributed by atoms with Crippen molar-refractivity contribution in [2.75, 3.05) is 13.2 Å². The van der Waals surface area contributed by atoms with Crippen molar-refractivity contribution in [3.05, 3.63) is 75.7 Å². The van der Waals surface area contributed by atoms with E-state index < -0.39 is 25.6 Å². The first kappa shape index (κ1) is 24.4. The molecule has 33 heavy (non-hydrogen) atoms. The number of ether oxygens (including phenoxy) is 1. The lowest BCUT2D eigenvalue weighted by molar-refractivity contribution is -0.387. The van der Waals surface area contributed by atoms with E-state index in [1.165, 1.54) is 35.2 Å². The van der Waals surface area contributed by atoms with E-state index in [0.717, 1.165) is 23.9 Å². The second-order valence-corrected chi connectivity index (χ2v) is 9.67.